The number of carbonyl (C=O) groups excluding carboxylic acids is 2. The van der Waals surface area contributed by atoms with E-state index in [-0.39, 0.29) is 30.1 Å². The molecule has 0 spiro atoms. The molecule has 2 N–H and O–H groups in total. The summed E-state index contributed by atoms with van der Waals surface area (Å²) in [6.07, 6.45) is 5.76. The fourth-order valence-corrected chi connectivity index (χ4v) is 4.29. The highest BCUT2D eigenvalue weighted by molar-refractivity contribution is 7.08. The first-order valence-corrected chi connectivity index (χ1v) is 11.3. The average Bonchev–Trinajstić information content (AvgIpc) is 3.40. The molecule has 1 saturated heterocycles. The molecule has 0 unspecified atom stereocenters. The smallest absolute Gasteiger partial charge is 0.286 e. The zero-order valence-corrected chi connectivity index (χ0v) is 17.5. The number of aliphatic hydroxyl groups excluding tert-OH is 1. The topological polar surface area (TPSA) is 88.1 Å². The van der Waals surface area contributed by atoms with Crippen LogP contribution < -0.4 is 5.32 Å². The van der Waals surface area contributed by atoms with Gasteiger partial charge in [-0.25, -0.2) is 0 Å². The van der Waals surface area contributed by atoms with E-state index in [0.29, 0.717) is 39.0 Å². The van der Waals surface area contributed by atoms with E-state index in [1.54, 1.807) is 11.3 Å². The molecule has 3 heterocycles. The molecule has 8 heteroatoms. The van der Waals surface area contributed by atoms with Crippen molar-refractivity contribution in [3.63, 3.8) is 0 Å². The van der Waals surface area contributed by atoms with Gasteiger partial charge < -0.3 is 24.8 Å². The molecule has 7 nitrogen and oxygen atoms in total. The van der Waals surface area contributed by atoms with Crippen molar-refractivity contribution in [3.05, 3.63) is 34.2 Å². The van der Waals surface area contributed by atoms with Gasteiger partial charge in [-0.15, -0.1) is 0 Å². The third-order valence-corrected chi connectivity index (χ3v) is 5.87. The van der Waals surface area contributed by atoms with Crippen molar-refractivity contribution in [2.75, 3.05) is 32.8 Å². The van der Waals surface area contributed by atoms with Crippen molar-refractivity contribution in [2.24, 2.45) is 0 Å². The molecule has 29 heavy (non-hydrogen) atoms. The molecule has 3 rings (SSSR count). The Morgan fingerprint density at radius 1 is 1.38 bits per heavy atom. The largest absolute Gasteiger partial charge is 0.459 e. The summed E-state index contributed by atoms with van der Waals surface area (Å²) in [6.45, 7) is 2.61. The van der Waals surface area contributed by atoms with Crippen LogP contribution in [-0.2, 0) is 19.1 Å². The van der Waals surface area contributed by atoms with E-state index in [1.165, 1.54) is 0 Å². The van der Waals surface area contributed by atoms with Crippen molar-refractivity contribution in [2.45, 2.75) is 50.7 Å². The maximum absolute atomic E-state index is 12.6. The minimum Gasteiger partial charge on any atom is -0.459 e. The van der Waals surface area contributed by atoms with Crippen molar-refractivity contribution in [3.8, 4) is 0 Å². The number of ether oxygens (including phenoxy) is 2. The quantitative estimate of drug-likeness (QED) is 0.535. The Kier molecular flexibility index (Phi) is 8.52. The Morgan fingerprint density at radius 2 is 2.28 bits per heavy atom. The number of unbranched alkanes of at least 4 members (excludes halogenated alkanes) is 1. The summed E-state index contributed by atoms with van der Waals surface area (Å²) in [5.74, 6) is 0.314. The molecule has 2 aliphatic rings. The summed E-state index contributed by atoms with van der Waals surface area (Å²) in [6, 6.07) is 2.06. The molecule has 160 valence electrons. The minimum absolute atomic E-state index is 0.0702. The molecule has 2 aliphatic heterocycles. The number of amides is 2. The molecular formula is C21H30N2O5S. The molecule has 2 atom stereocenters. The van der Waals surface area contributed by atoms with Crippen LogP contribution >= 0.6 is 11.3 Å². The standard InChI is InChI=1S/C21H30N2O5S/c24-10-1-2-11-27-20-14-17(16-6-12-29-15-16)13-18(28-20)21(26)22-7-4-9-23-8-3-5-19(23)25/h6,12-13,15,17,20,24H,1-5,7-11,14H2,(H,22,26)/t17-,20+/m1/s1. The summed E-state index contributed by atoms with van der Waals surface area (Å²) < 4.78 is 11.6. The number of rotatable bonds is 11. The molecule has 1 aromatic heterocycles. The second-order valence-corrected chi connectivity index (χ2v) is 8.15. The SMILES string of the molecule is O=C(NCCCN1CCCC1=O)C1=C[C@@H](c2ccsc2)C[C@@H](OCCCCO)O1. The van der Waals surface area contributed by atoms with Gasteiger partial charge in [0.2, 0.25) is 12.2 Å². The van der Waals surface area contributed by atoms with Gasteiger partial charge in [-0.3, -0.25) is 9.59 Å². The van der Waals surface area contributed by atoms with E-state index in [9.17, 15) is 9.59 Å². The van der Waals surface area contributed by atoms with Crippen molar-refractivity contribution >= 4 is 23.2 Å². The van der Waals surface area contributed by atoms with E-state index in [1.807, 2.05) is 16.4 Å². The van der Waals surface area contributed by atoms with Crippen LogP contribution in [0, 0.1) is 0 Å². The maximum Gasteiger partial charge on any atom is 0.286 e. The van der Waals surface area contributed by atoms with Crippen LogP contribution in [0.2, 0.25) is 0 Å². The number of likely N-dealkylation sites (tertiary alicyclic amines) is 1. The average molecular weight is 423 g/mol. The van der Waals surface area contributed by atoms with E-state index < -0.39 is 6.29 Å². The third kappa shape index (κ3) is 6.55. The fraction of sp³-hybridized carbons (Fsp3) is 0.619. The third-order valence-electron chi connectivity index (χ3n) is 5.17. The van der Waals surface area contributed by atoms with Gasteiger partial charge in [-0.05, 0) is 54.1 Å². The number of aliphatic hydroxyl groups is 1. The van der Waals surface area contributed by atoms with E-state index in [4.69, 9.17) is 14.6 Å². The lowest BCUT2D eigenvalue weighted by Gasteiger charge is -2.29. The zero-order chi connectivity index (χ0) is 20.5. The zero-order valence-electron chi connectivity index (χ0n) is 16.7. The van der Waals surface area contributed by atoms with E-state index >= 15 is 0 Å². The Bertz CT molecular complexity index is 691. The predicted octanol–water partition coefficient (Wildman–Crippen LogP) is 2.38. The van der Waals surface area contributed by atoms with Crippen LogP contribution in [0.3, 0.4) is 0 Å². The summed E-state index contributed by atoms with van der Waals surface area (Å²) in [5.41, 5.74) is 1.15. The number of nitrogens with one attached hydrogen (secondary N) is 1. The minimum atomic E-state index is -0.480. The Labute approximate surface area is 175 Å². The van der Waals surface area contributed by atoms with Gasteiger partial charge in [0.1, 0.15) is 0 Å². The van der Waals surface area contributed by atoms with E-state index in [0.717, 1.165) is 31.4 Å². The van der Waals surface area contributed by atoms with Crippen molar-refractivity contribution < 1.29 is 24.2 Å². The maximum atomic E-state index is 12.6. The van der Waals surface area contributed by atoms with Crippen molar-refractivity contribution in [1.82, 2.24) is 10.2 Å². The normalized spacial score (nSPS) is 21.8. The second-order valence-electron chi connectivity index (χ2n) is 7.37. The number of carbonyl (C=O) groups is 2. The van der Waals surface area contributed by atoms with Crippen LogP contribution in [0.4, 0.5) is 0 Å². The van der Waals surface area contributed by atoms with Gasteiger partial charge in [0, 0.05) is 45.0 Å². The number of thiophene rings is 1. The Morgan fingerprint density at radius 3 is 3.00 bits per heavy atom. The van der Waals surface area contributed by atoms with Gasteiger partial charge in [0.25, 0.3) is 5.91 Å². The number of hydrogen-bond donors (Lipinski definition) is 2. The lowest BCUT2D eigenvalue weighted by atomic mass is 9.95. The Balaban J connectivity index is 1.51. The molecule has 0 aliphatic carbocycles. The van der Waals surface area contributed by atoms with Gasteiger partial charge in [0.15, 0.2) is 5.76 Å². The first kappa shape index (κ1) is 21.8. The first-order valence-electron chi connectivity index (χ1n) is 10.4. The summed E-state index contributed by atoms with van der Waals surface area (Å²) >= 11 is 1.63. The van der Waals surface area contributed by atoms with Crippen LogP contribution in [-0.4, -0.2) is 61.0 Å². The second kappa shape index (κ2) is 11.3. The fourth-order valence-electron chi connectivity index (χ4n) is 3.56. The van der Waals surface area contributed by atoms with Crippen LogP contribution in [0.1, 0.15) is 50.0 Å². The highest BCUT2D eigenvalue weighted by Crippen LogP contribution is 2.32. The molecular weight excluding hydrogens is 392 g/mol. The monoisotopic (exact) mass is 422 g/mol. The lowest BCUT2D eigenvalue weighted by molar-refractivity contribution is -0.146. The number of nitrogens with zero attached hydrogens (tertiary/aromatic N) is 1. The van der Waals surface area contributed by atoms with Crippen LogP contribution in [0.5, 0.6) is 0 Å². The van der Waals surface area contributed by atoms with Gasteiger partial charge >= 0.3 is 0 Å². The number of hydrogen-bond acceptors (Lipinski definition) is 6. The molecule has 0 aromatic carbocycles. The number of allylic oxidation sites excluding steroid dienone is 1. The molecule has 2 amide bonds. The molecule has 1 fully saturated rings. The van der Waals surface area contributed by atoms with E-state index in [2.05, 4.69) is 16.8 Å². The van der Waals surface area contributed by atoms with Gasteiger partial charge in [0.05, 0.1) is 6.61 Å². The van der Waals surface area contributed by atoms with Gasteiger partial charge in [-0.2, -0.15) is 11.3 Å². The van der Waals surface area contributed by atoms with Crippen LogP contribution in [0.15, 0.2) is 28.7 Å². The molecule has 0 saturated carbocycles. The summed E-state index contributed by atoms with van der Waals surface area (Å²) in [4.78, 5) is 26.1. The Hall–Kier alpha value is -1.90. The highest BCUT2D eigenvalue weighted by Gasteiger charge is 2.29. The summed E-state index contributed by atoms with van der Waals surface area (Å²) in [5, 5.41) is 15.9. The molecule has 0 bridgehead atoms. The molecule has 0 radical (unpaired) electrons. The first-order chi connectivity index (χ1) is 14.2. The van der Waals surface area contributed by atoms with Crippen LogP contribution in [0.25, 0.3) is 0 Å². The van der Waals surface area contributed by atoms with Crippen molar-refractivity contribution in [1.29, 1.82) is 0 Å². The highest BCUT2D eigenvalue weighted by atomic mass is 32.1. The van der Waals surface area contributed by atoms with Gasteiger partial charge in [-0.1, -0.05) is 0 Å². The summed E-state index contributed by atoms with van der Waals surface area (Å²) in [7, 11) is 0. The lowest BCUT2D eigenvalue weighted by Crippen LogP contribution is -2.35. The molecule has 1 aromatic rings. The predicted molar refractivity (Wildman–Crippen MR) is 110 cm³/mol.